The Bertz CT molecular complexity index is 1920. The summed E-state index contributed by atoms with van der Waals surface area (Å²) in [5.74, 6) is 0. The molecule has 10 heteroatoms. The molecule has 48 heavy (non-hydrogen) atoms. The van der Waals surface area contributed by atoms with Gasteiger partial charge in [-0.05, 0) is 72.8 Å². The molecule has 8 rings (SSSR count). The third-order valence-electron chi connectivity index (χ3n) is 6.68. The van der Waals surface area contributed by atoms with E-state index in [-0.39, 0.29) is 19.5 Å². The van der Waals surface area contributed by atoms with Crippen LogP contribution >= 0.6 is 0 Å². The van der Waals surface area contributed by atoms with Crippen LogP contribution in [0.5, 0.6) is 0 Å². The van der Waals surface area contributed by atoms with E-state index in [1.807, 2.05) is 140 Å². The van der Waals surface area contributed by atoms with Gasteiger partial charge in [-0.2, -0.15) is 0 Å². The smallest absolute Gasteiger partial charge is 0.113 e. The molecule has 0 aliphatic heterocycles. The fraction of sp³-hybridized carbons (Fsp3) is 0. The third-order valence-corrected chi connectivity index (χ3v) is 6.68. The summed E-state index contributed by atoms with van der Waals surface area (Å²) in [5, 5.41) is 8.46. The van der Waals surface area contributed by atoms with Gasteiger partial charge in [-0.3, -0.25) is 29.9 Å². The number of aromatic nitrogens is 9. The van der Waals surface area contributed by atoms with Crippen LogP contribution < -0.4 is 0 Å². The molecule has 0 fully saturated rings. The van der Waals surface area contributed by atoms with Gasteiger partial charge in [0.25, 0.3) is 0 Å². The van der Waals surface area contributed by atoms with E-state index in [1.165, 1.54) is 0 Å². The Labute approximate surface area is 291 Å². The molecular formula is C38H29N9Ru. The van der Waals surface area contributed by atoms with Gasteiger partial charge in [-0.15, -0.1) is 5.10 Å². The van der Waals surface area contributed by atoms with Crippen LogP contribution in [0.4, 0.5) is 0 Å². The summed E-state index contributed by atoms with van der Waals surface area (Å²) >= 11 is 0. The van der Waals surface area contributed by atoms with E-state index in [1.54, 1.807) is 41.9 Å². The fourth-order valence-corrected chi connectivity index (χ4v) is 4.40. The van der Waals surface area contributed by atoms with Crippen molar-refractivity contribution < 1.29 is 19.5 Å². The van der Waals surface area contributed by atoms with Crippen molar-refractivity contribution in [3.05, 3.63) is 177 Å². The fourth-order valence-electron chi connectivity index (χ4n) is 4.40. The van der Waals surface area contributed by atoms with Crippen LogP contribution in [0.1, 0.15) is 0 Å². The summed E-state index contributed by atoms with van der Waals surface area (Å²) in [5.41, 5.74) is 8.07. The summed E-state index contributed by atoms with van der Waals surface area (Å²) in [6.07, 6.45) is 12.5. The molecule has 0 saturated heterocycles. The quantitative estimate of drug-likeness (QED) is 0.167. The van der Waals surface area contributed by atoms with Crippen molar-refractivity contribution in [1.29, 1.82) is 0 Å². The van der Waals surface area contributed by atoms with E-state index in [0.717, 1.165) is 51.1 Å². The predicted molar refractivity (Wildman–Crippen MR) is 183 cm³/mol. The Morgan fingerprint density at radius 1 is 0.354 bits per heavy atom. The summed E-state index contributed by atoms with van der Waals surface area (Å²) in [6, 6.07) is 42.8. The molecule has 0 saturated carbocycles. The van der Waals surface area contributed by atoms with Crippen molar-refractivity contribution in [2.75, 3.05) is 0 Å². The first-order valence-electron chi connectivity index (χ1n) is 14.8. The molecule has 7 aromatic heterocycles. The molecule has 0 spiro atoms. The molecule has 0 unspecified atom stereocenters. The number of hydrogen-bond donors (Lipinski definition) is 0. The zero-order chi connectivity index (χ0) is 31.9. The standard InChI is InChI=1S/C18H13N5.2C10H8N2.Ru/c1-2-6-14(7-3-1)18-13-23(22-21-18)15-9-11-20-17(12-15)16-8-4-5-10-19-16;2*1-3-7-11-9(5-1)10-6-2-4-8-12-10;/h1-13H;2*1-8H;. The van der Waals surface area contributed by atoms with Crippen molar-refractivity contribution >= 4 is 0 Å². The van der Waals surface area contributed by atoms with Crippen LogP contribution in [0.2, 0.25) is 0 Å². The van der Waals surface area contributed by atoms with E-state index in [0.29, 0.717) is 0 Å². The molecule has 0 amide bonds. The van der Waals surface area contributed by atoms with Crippen LogP contribution in [-0.4, -0.2) is 44.9 Å². The van der Waals surface area contributed by atoms with Gasteiger partial charge in [0, 0.05) is 62.2 Å². The van der Waals surface area contributed by atoms with Gasteiger partial charge in [0.2, 0.25) is 0 Å². The largest absolute Gasteiger partial charge is 0.255 e. The first-order valence-corrected chi connectivity index (χ1v) is 14.8. The Morgan fingerprint density at radius 3 is 1.17 bits per heavy atom. The number of hydrogen-bond acceptors (Lipinski definition) is 8. The van der Waals surface area contributed by atoms with Crippen LogP contribution in [0.15, 0.2) is 177 Å². The first-order chi connectivity index (χ1) is 23.3. The Kier molecular flexibility index (Phi) is 12.2. The SMILES string of the molecule is [Ru].c1ccc(-c2ccccn2)nc1.c1ccc(-c2ccccn2)nc1.c1ccc(-c2cn(-c3ccnc(-c4ccccn4)c3)nn2)cc1. The van der Waals surface area contributed by atoms with E-state index >= 15 is 0 Å². The molecule has 0 radical (unpaired) electrons. The maximum Gasteiger partial charge on any atom is 0.113 e. The van der Waals surface area contributed by atoms with Crippen LogP contribution in [0, 0.1) is 0 Å². The molecule has 7 heterocycles. The second kappa shape index (κ2) is 17.5. The summed E-state index contributed by atoms with van der Waals surface area (Å²) in [7, 11) is 0. The molecule has 234 valence electrons. The Morgan fingerprint density at radius 2 is 0.750 bits per heavy atom. The first kappa shape index (κ1) is 33.3. The molecule has 0 aliphatic rings. The number of pyridine rings is 6. The molecular weight excluding hydrogens is 684 g/mol. The zero-order valence-corrected chi connectivity index (χ0v) is 27.4. The van der Waals surface area contributed by atoms with Gasteiger partial charge in [0.1, 0.15) is 5.69 Å². The summed E-state index contributed by atoms with van der Waals surface area (Å²) in [6.45, 7) is 0. The van der Waals surface area contributed by atoms with Gasteiger partial charge >= 0.3 is 0 Å². The molecule has 0 N–H and O–H groups in total. The monoisotopic (exact) mass is 713 g/mol. The van der Waals surface area contributed by atoms with Crippen molar-refractivity contribution in [3.63, 3.8) is 0 Å². The molecule has 1 aromatic carbocycles. The van der Waals surface area contributed by atoms with E-state index in [9.17, 15) is 0 Å². The third kappa shape index (κ3) is 9.22. The van der Waals surface area contributed by atoms with Crippen LogP contribution in [0.3, 0.4) is 0 Å². The van der Waals surface area contributed by atoms with Gasteiger partial charge in [0.15, 0.2) is 0 Å². The minimum atomic E-state index is 0. The number of benzene rings is 1. The Balaban J connectivity index is 0.000000153. The maximum atomic E-state index is 4.38. The molecule has 9 nitrogen and oxygen atoms in total. The van der Waals surface area contributed by atoms with Crippen molar-refractivity contribution in [3.8, 4) is 51.1 Å². The molecule has 0 bridgehead atoms. The van der Waals surface area contributed by atoms with Crippen molar-refractivity contribution in [2.45, 2.75) is 0 Å². The molecule has 0 atom stereocenters. The van der Waals surface area contributed by atoms with Crippen LogP contribution in [0.25, 0.3) is 51.1 Å². The minimum absolute atomic E-state index is 0. The van der Waals surface area contributed by atoms with Gasteiger partial charge in [-0.25, -0.2) is 4.68 Å². The van der Waals surface area contributed by atoms with Crippen LogP contribution in [-0.2, 0) is 19.5 Å². The van der Waals surface area contributed by atoms with Gasteiger partial charge < -0.3 is 0 Å². The molecule has 0 aliphatic carbocycles. The van der Waals surface area contributed by atoms with Gasteiger partial charge in [0.05, 0.1) is 46.0 Å². The molecule has 8 aromatic rings. The predicted octanol–water partition coefficient (Wildman–Crippen LogP) is 7.68. The zero-order valence-electron chi connectivity index (χ0n) is 25.6. The average molecular weight is 713 g/mol. The number of nitrogens with zero attached hydrogens (tertiary/aromatic N) is 9. The average Bonchev–Trinajstić information content (AvgIpc) is 3.69. The summed E-state index contributed by atoms with van der Waals surface area (Å²) in [4.78, 5) is 25.5. The summed E-state index contributed by atoms with van der Waals surface area (Å²) < 4.78 is 1.75. The normalized spacial score (nSPS) is 9.92. The second-order valence-electron chi connectivity index (χ2n) is 9.89. The van der Waals surface area contributed by atoms with Gasteiger partial charge in [-0.1, -0.05) is 65.9 Å². The Hall–Kier alpha value is -6.12. The topological polar surface area (TPSA) is 108 Å². The van der Waals surface area contributed by atoms with Crippen molar-refractivity contribution in [2.24, 2.45) is 0 Å². The number of rotatable bonds is 5. The minimum Gasteiger partial charge on any atom is -0.255 e. The van der Waals surface area contributed by atoms with E-state index in [2.05, 4.69) is 40.2 Å². The maximum absolute atomic E-state index is 4.38. The van der Waals surface area contributed by atoms with Crippen molar-refractivity contribution in [1.82, 2.24) is 44.9 Å². The van der Waals surface area contributed by atoms with E-state index < -0.39 is 0 Å². The second-order valence-corrected chi connectivity index (χ2v) is 9.89. The van der Waals surface area contributed by atoms with E-state index in [4.69, 9.17) is 0 Å².